The number of hydrogen-bond donors (Lipinski definition) is 1. The van der Waals surface area contributed by atoms with Gasteiger partial charge in [0.05, 0.1) is 10.2 Å². The van der Waals surface area contributed by atoms with Crippen LogP contribution >= 0.6 is 23.1 Å². The van der Waals surface area contributed by atoms with E-state index in [0.717, 1.165) is 16.3 Å². The third kappa shape index (κ3) is 2.73. The quantitative estimate of drug-likeness (QED) is 0.748. The lowest BCUT2D eigenvalue weighted by Crippen LogP contribution is -2.09. The topological polar surface area (TPSA) is 38.9 Å². The highest BCUT2D eigenvalue weighted by Crippen LogP contribution is 2.37. The molecule has 0 radical (unpaired) electrons. The van der Waals surface area contributed by atoms with Crippen molar-refractivity contribution >= 4 is 33.3 Å². The van der Waals surface area contributed by atoms with Crippen molar-refractivity contribution in [3.63, 3.8) is 0 Å². The van der Waals surface area contributed by atoms with Crippen molar-refractivity contribution < 1.29 is 0 Å². The first-order valence-corrected chi connectivity index (χ1v) is 8.29. The molecule has 0 aliphatic rings. The van der Waals surface area contributed by atoms with Gasteiger partial charge in [-0.1, -0.05) is 49.0 Å². The normalized spacial score (nSPS) is 12.7. The van der Waals surface area contributed by atoms with Crippen LogP contribution in [0.3, 0.4) is 0 Å². The van der Waals surface area contributed by atoms with E-state index in [1.165, 1.54) is 15.2 Å². The summed E-state index contributed by atoms with van der Waals surface area (Å²) < 4.78 is 2.30. The van der Waals surface area contributed by atoms with Crippen LogP contribution < -0.4 is 5.73 Å². The minimum Gasteiger partial charge on any atom is -0.324 e. The van der Waals surface area contributed by atoms with Crippen molar-refractivity contribution in [1.29, 1.82) is 0 Å². The van der Waals surface area contributed by atoms with Crippen LogP contribution in [0.15, 0.2) is 57.8 Å². The number of aromatic nitrogens is 1. The molecule has 0 aliphatic carbocycles. The van der Waals surface area contributed by atoms with Crippen LogP contribution in [0.25, 0.3) is 10.2 Å². The highest BCUT2D eigenvalue weighted by Gasteiger charge is 2.12. The largest absolute Gasteiger partial charge is 0.324 e. The molecule has 2 N–H and O–H groups in total. The first-order valence-electron chi connectivity index (χ1n) is 6.66. The van der Waals surface area contributed by atoms with E-state index in [9.17, 15) is 0 Å². The van der Waals surface area contributed by atoms with Crippen molar-refractivity contribution in [1.82, 2.24) is 4.98 Å². The summed E-state index contributed by atoms with van der Waals surface area (Å²) in [5.74, 6) is 0. The number of benzene rings is 2. The zero-order valence-electron chi connectivity index (χ0n) is 11.2. The Kier molecular flexibility index (Phi) is 4.05. The van der Waals surface area contributed by atoms with Gasteiger partial charge in [0.15, 0.2) is 4.34 Å². The molecule has 0 fully saturated rings. The van der Waals surface area contributed by atoms with Gasteiger partial charge in [0.1, 0.15) is 0 Å². The summed E-state index contributed by atoms with van der Waals surface area (Å²) in [7, 11) is 0. The van der Waals surface area contributed by atoms with E-state index < -0.39 is 0 Å². The van der Waals surface area contributed by atoms with E-state index in [0.29, 0.717) is 0 Å². The summed E-state index contributed by atoms with van der Waals surface area (Å²) >= 11 is 3.44. The molecule has 0 amide bonds. The number of para-hydroxylation sites is 1. The Bertz CT molecular complexity index is 688. The minimum atomic E-state index is 0.0908. The second kappa shape index (κ2) is 5.95. The standard InChI is InChI=1S/C16H16N2S2/c1-2-12(17)11-7-3-5-9-14(11)19-16-18-13-8-4-6-10-15(13)20-16/h3-10,12H,2,17H2,1H3/t12-/m1/s1. The molecule has 2 nitrogen and oxygen atoms in total. The molecule has 0 aliphatic heterocycles. The molecule has 1 atom stereocenters. The molecule has 0 saturated carbocycles. The predicted octanol–water partition coefficient (Wildman–Crippen LogP) is 4.86. The zero-order chi connectivity index (χ0) is 13.9. The van der Waals surface area contributed by atoms with E-state index in [1.54, 1.807) is 23.1 Å². The lowest BCUT2D eigenvalue weighted by Gasteiger charge is -2.13. The molecule has 0 unspecified atom stereocenters. The van der Waals surface area contributed by atoms with Crippen LogP contribution in [0.2, 0.25) is 0 Å². The molecule has 1 heterocycles. The molecular weight excluding hydrogens is 284 g/mol. The summed E-state index contributed by atoms with van der Waals surface area (Å²) in [4.78, 5) is 5.88. The van der Waals surface area contributed by atoms with Crippen LogP contribution in [0.5, 0.6) is 0 Å². The van der Waals surface area contributed by atoms with Gasteiger partial charge in [-0.2, -0.15) is 0 Å². The fraction of sp³-hybridized carbons (Fsp3) is 0.188. The first kappa shape index (κ1) is 13.6. The molecule has 1 aromatic heterocycles. The molecule has 4 heteroatoms. The van der Waals surface area contributed by atoms with E-state index in [1.807, 2.05) is 12.1 Å². The van der Waals surface area contributed by atoms with Crippen molar-refractivity contribution in [2.45, 2.75) is 28.6 Å². The monoisotopic (exact) mass is 300 g/mol. The first-order chi connectivity index (χ1) is 9.78. The highest BCUT2D eigenvalue weighted by molar-refractivity contribution is 8.01. The molecule has 0 spiro atoms. The maximum atomic E-state index is 6.19. The van der Waals surface area contributed by atoms with Gasteiger partial charge in [0.25, 0.3) is 0 Å². The van der Waals surface area contributed by atoms with Gasteiger partial charge in [-0.15, -0.1) is 11.3 Å². The Morgan fingerprint density at radius 2 is 1.90 bits per heavy atom. The highest BCUT2D eigenvalue weighted by atomic mass is 32.2. The number of thiazole rings is 1. The summed E-state index contributed by atoms with van der Waals surface area (Å²) in [6, 6.07) is 16.7. The van der Waals surface area contributed by atoms with Crippen molar-refractivity contribution in [3.8, 4) is 0 Å². The van der Waals surface area contributed by atoms with Crippen molar-refractivity contribution in [2.75, 3.05) is 0 Å². The average molecular weight is 300 g/mol. The molecule has 0 bridgehead atoms. The molecule has 3 aromatic rings. The Hall–Kier alpha value is -1.36. The Morgan fingerprint density at radius 1 is 1.15 bits per heavy atom. The van der Waals surface area contributed by atoms with E-state index in [-0.39, 0.29) is 6.04 Å². The molecule has 3 rings (SSSR count). The van der Waals surface area contributed by atoms with Gasteiger partial charge in [0, 0.05) is 10.9 Å². The van der Waals surface area contributed by atoms with Crippen molar-refractivity contribution in [3.05, 3.63) is 54.1 Å². The summed E-state index contributed by atoms with van der Waals surface area (Å²) in [5, 5.41) is 0. The molecular formula is C16H16N2S2. The van der Waals surface area contributed by atoms with Gasteiger partial charge in [-0.05, 0) is 30.2 Å². The van der Waals surface area contributed by atoms with Crippen LogP contribution in [0, 0.1) is 0 Å². The van der Waals surface area contributed by atoms with Crippen LogP contribution in [0.4, 0.5) is 0 Å². The lowest BCUT2D eigenvalue weighted by molar-refractivity contribution is 0.685. The van der Waals surface area contributed by atoms with Crippen LogP contribution in [-0.4, -0.2) is 4.98 Å². The fourth-order valence-corrected chi connectivity index (χ4v) is 4.31. The SMILES string of the molecule is CC[C@@H](N)c1ccccc1Sc1nc2ccccc2s1. The third-order valence-electron chi connectivity index (χ3n) is 3.23. The van der Waals surface area contributed by atoms with Crippen LogP contribution in [0.1, 0.15) is 24.9 Å². The third-order valence-corrected chi connectivity index (χ3v) is 5.42. The van der Waals surface area contributed by atoms with E-state index in [4.69, 9.17) is 5.73 Å². The van der Waals surface area contributed by atoms with E-state index >= 15 is 0 Å². The van der Waals surface area contributed by atoms with Gasteiger partial charge in [0.2, 0.25) is 0 Å². The number of rotatable bonds is 4. The average Bonchev–Trinajstić information content (AvgIpc) is 2.89. The molecule has 20 heavy (non-hydrogen) atoms. The maximum Gasteiger partial charge on any atom is 0.155 e. The molecule has 0 saturated heterocycles. The Labute approximate surface area is 127 Å². The van der Waals surface area contributed by atoms with E-state index in [2.05, 4.69) is 48.3 Å². The summed E-state index contributed by atoms with van der Waals surface area (Å²) in [5.41, 5.74) is 8.47. The van der Waals surface area contributed by atoms with Crippen LogP contribution in [-0.2, 0) is 0 Å². The fourth-order valence-electron chi connectivity index (χ4n) is 2.09. The number of hydrogen-bond acceptors (Lipinski definition) is 4. The molecule has 102 valence electrons. The van der Waals surface area contributed by atoms with Crippen molar-refractivity contribution in [2.24, 2.45) is 5.73 Å². The lowest BCUT2D eigenvalue weighted by atomic mass is 10.1. The number of fused-ring (bicyclic) bond motifs is 1. The second-order valence-electron chi connectivity index (χ2n) is 4.60. The summed E-state index contributed by atoms with van der Waals surface area (Å²) in [6.45, 7) is 2.11. The number of nitrogens with two attached hydrogens (primary N) is 1. The minimum absolute atomic E-state index is 0.0908. The van der Waals surface area contributed by atoms with Gasteiger partial charge >= 0.3 is 0 Å². The van der Waals surface area contributed by atoms with Gasteiger partial charge in [-0.3, -0.25) is 0 Å². The second-order valence-corrected chi connectivity index (χ2v) is 6.92. The van der Waals surface area contributed by atoms with Gasteiger partial charge < -0.3 is 5.73 Å². The zero-order valence-corrected chi connectivity index (χ0v) is 12.9. The number of nitrogens with zero attached hydrogens (tertiary/aromatic N) is 1. The maximum absolute atomic E-state index is 6.19. The Morgan fingerprint density at radius 3 is 2.70 bits per heavy atom. The van der Waals surface area contributed by atoms with Gasteiger partial charge in [-0.25, -0.2) is 4.98 Å². The molecule has 2 aromatic carbocycles. The smallest absolute Gasteiger partial charge is 0.155 e. The predicted molar refractivity (Wildman–Crippen MR) is 87.4 cm³/mol. The Balaban J connectivity index is 1.94. The summed E-state index contributed by atoms with van der Waals surface area (Å²) in [6.07, 6.45) is 0.942.